The van der Waals surface area contributed by atoms with Crippen molar-refractivity contribution in [3.05, 3.63) is 35.9 Å². The van der Waals surface area contributed by atoms with Crippen molar-refractivity contribution in [3.8, 4) is 0 Å². The van der Waals surface area contributed by atoms with Gasteiger partial charge < -0.3 is 5.11 Å². The maximum atomic E-state index is 11.5. The zero-order chi connectivity index (χ0) is 9.68. The Kier molecular flexibility index (Phi) is 3.57. The fraction of sp³-hybridized carbons (Fsp3) is 0.222. The van der Waals surface area contributed by atoms with Gasteiger partial charge in [-0.25, -0.2) is 5.43 Å². The summed E-state index contributed by atoms with van der Waals surface area (Å²) in [5.41, 5.74) is 2.79. The lowest BCUT2D eigenvalue weighted by Crippen LogP contribution is -2.44. The Hall–Kier alpha value is -1.23. The van der Waals surface area contributed by atoms with E-state index >= 15 is 0 Å². The normalized spacial score (nSPS) is 12.5. The van der Waals surface area contributed by atoms with Crippen molar-refractivity contribution in [2.24, 2.45) is 5.84 Å². The second kappa shape index (κ2) is 4.71. The van der Waals surface area contributed by atoms with Gasteiger partial charge in [0.05, 0.1) is 6.61 Å². The third kappa shape index (κ3) is 2.35. The van der Waals surface area contributed by atoms with Crippen LogP contribution in [0.3, 0.4) is 0 Å². The first-order valence-corrected chi connectivity index (χ1v) is 3.96. The monoisotopic (exact) mass is 180 g/mol. The first-order valence-electron chi connectivity index (χ1n) is 3.96. The molecule has 0 saturated heterocycles. The summed E-state index contributed by atoms with van der Waals surface area (Å²) in [6.07, 6.45) is 0. The van der Waals surface area contributed by atoms with Crippen LogP contribution in [0.4, 0.5) is 0 Å². The maximum absolute atomic E-state index is 11.5. The number of carbonyl (C=O) groups excluding carboxylic acids is 1. The summed E-state index contributed by atoms with van der Waals surface area (Å²) in [4.78, 5) is 11.5. The molecule has 1 atom stereocenters. The quantitative estimate of drug-likeness (QED) is 0.337. The molecule has 0 heterocycles. The van der Waals surface area contributed by atoms with Gasteiger partial charge in [0.15, 0.2) is 5.78 Å². The molecule has 1 unspecified atom stereocenters. The first-order chi connectivity index (χ1) is 6.29. The van der Waals surface area contributed by atoms with E-state index in [-0.39, 0.29) is 12.4 Å². The predicted molar refractivity (Wildman–Crippen MR) is 49.0 cm³/mol. The van der Waals surface area contributed by atoms with E-state index in [9.17, 15) is 4.79 Å². The van der Waals surface area contributed by atoms with Gasteiger partial charge >= 0.3 is 0 Å². The number of hydrogen-bond donors (Lipinski definition) is 3. The van der Waals surface area contributed by atoms with Crippen LogP contribution in [0, 0.1) is 0 Å². The molecule has 4 heteroatoms. The van der Waals surface area contributed by atoms with Gasteiger partial charge in [-0.2, -0.15) is 0 Å². The summed E-state index contributed by atoms with van der Waals surface area (Å²) in [6.45, 7) is -0.301. The highest BCUT2D eigenvalue weighted by atomic mass is 16.3. The van der Waals surface area contributed by atoms with Crippen molar-refractivity contribution in [2.45, 2.75) is 6.04 Å². The number of Topliss-reactive ketones (excluding diaryl/α,β-unsaturated/α-hetero) is 1. The Morgan fingerprint density at radius 3 is 2.54 bits per heavy atom. The van der Waals surface area contributed by atoms with Gasteiger partial charge in [0.25, 0.3) is 0 Å². The van der Waals surface area contributed by atoms with Gasteiger partial charge in [0.1, 0.15) is 6.04 Å². The summed E-state index contributed by atoms with van der Waals surface area (Å²) in [5.74, 6) is 4.89. The second-order valence-electron chi connectivity index (χ2n) is 2.63. The SMILES string of the molecule is NNC(CO)C(=O)c1ccccc1. The lowest BCUT2D eigenvalue weighted by atomic mass is 10.1. The van der Waals surface area contributed by atoms with Gasteiger partial charge in [0.2, 0.25) is 0 Å². The second-order valence-corrected chi connectivity index (χ2v) is 2.63. The molecule has 0 aromatic heterocycles. The minimum Gasteiger partial charge on any atom is -0.394 e. The Morgan fingerprint density at radius 2 is 2.08 bits per heavy atom. The van der Waals surface area contributed by atoms with E-state index in [2.05, 4.69) is 5.43 Å². The zero-order valence-corrected chi connectivity index (χ0v) is 7.10. The van der Waals surface area contributed by atoms with Crippen LogP contribution >= 0.6 is 0 Å². The van der Waals surface area contributed by atoms with Gasteiger partial charge in [0, 0.05) is 5.56 Å². The number of carbonyl (C=O) groups is 1. The topological polar surface area (TPSA) is 75.3 Å². The third-order valence-corrected chi connectivity index (χ3v) is 1.76. The highest BCUT2D eigenvalue weighted by Gasteiger charge is 2.16. The number of ketones is 1. The largest absolute Gasteiger partial charge is 0.394 e. The molecule has 0 radical (unpaired) electrons. The lowest BCUT2D eigenvalue weighted by molar-refractivity contribution is 0.0898. The molecule has 1 aromatic rings. The molecule has 70 valence electrons. The predicted octanol–water partition coefficient (Wildman–Crippen LogP) is -0.306. The van der Waals surface area contributed by atoms with Crippen LogP contribution in [0.25, 0.3) is 0 Å². The van der Waals surface area contributed by atoms with E-state index < -0.39 is 6.04 Å². The summed E-state index contributed by atoms with van der Waals surface area (Å²) in [5, 5.41) is 8.79. The number of nitrogens with two attached hydrogens (primary N) is 1. The van der Waals surface area contributed by atoms with E-state index in [1.54, 1.807) is 24.3 Å². The molecule has 1 rings (SSSR count). The van der Waals surface area contributed by atoms with Gasteiger partial charge in [-0.05, 0) is 0 Å². The van der Waals surface area contributed by atoms with Crippen LogP contribution < -0.4 is 11.3 Å². The molecule has 4 N–H and O–H groups in total. The smallest absolute Gasteiger partial charge is 0.183 e. The standard InChI is InChI=1S/C9H12N2O2/c10-11-8(6-12)9(13)7-4-2-1-3-5-7/h1-5,8,11-12H,6,10H2. The molecule has 0 fully saturated rings. The molecular formula is C9H12N2O2. The molecule has 0 aliphatic rings. The molecule has 0 amide bonds. The summed E-state index contributed by atoms with van der Waals surface area (Å²) < 4.78 is 0. The van der Waals surface area contributed by atoms with Crippen molar-refractivity contribution in [2.75, 3.05) is 6.61 Å². The van der Waals surface area contributed by atoms with Crippen LogP contribution in [-0.2, 0) is 0 Å². The Bertz CT molecular complexity index is 270. The zero-order valence-electron chi connectivity index (χ0n) is 7.10. The van der Waals surface area contributed by atoms with Crippen LogP contribution in [-0.4, -0.2) is 23.5 Å². The molecule has 0 aliphatic carbocycles. The molecule has 1 aromatic carbocycles. The summed E-state index contributed by atoms with van der Waals surface area (Å²) >= 11 is 0. The van der Waals surface area contributed by atoms with Crippen LogP contribution in [0.15, 0.2) is 30.3 Å². The number of hydrogen-bond acceptors (Lipinski definition) is 4. The number of aliphatic hydroxyl groups excluding tert-OH is 1. The third-order valence-electron chi connectivity index (χ3n) is 1.76. The Labute approximate surface area is 76.3 Å². The van der Waals surface area contributed by atoms with E-state index in [0.717, 1.165) is 0 Å². The number of benzene rings is 1. The van der Waals surface area contributed by atoms with Gasteiger partial charge in [-0.3, -0.25) is 10.6 Å². The van der Waals surface area contributed by atoms with E-state index in [0.29, 0.717) is 5.56 Å². The lowest BCUT2D eigenvalue weighted by Gasteiger charge is -2.10. The van der Waals surface area contributed by atoms with Crippen LogP contribution in [0.2, 0.25) is 0 Å². The molecule has 13 heavy (non-hydrogen) atoms. The van der Waals surface area contributed by atoms with Crippen LogP contribution in [0.1, 0.15) is 10.4 Å². The van der Waals surface area contributed by atoms with Crippen molar-refractivity contribution in [1.29, 1.82) is 0 Å². The van der Waals surface area contributed by atoms with E-state index in [1.165, 1.54) is 0 Å². The molecule has 0 spiro atoms. The van der Waals surface area contributed by atoms with Crippen molar-refractivity contribution < 1.29 is 9.90 Å². The Morgan fingerprint density at radius 1 is 1.46 bits per heavy atom. The highest BCUT2D eigenvalue weighted by Crippen LogP contribution is 2.02. The minimum absolute atomic E-state index is 0.203. The molecule has 0 bridgehead atoms. The molecule has 0 aliphatic heterocycles. The fourth-order valence-corrected chi connectivity index (χ4v) is 1.01. The summed E-state index contributed by atoms with van der Waals surface area (Å²) in [7, 11) is 0. The molecule has 4 nitrogen and oxygen atoms in total. The van der Waals surface area contributed by atoms with Crippen molar-refractivity contribution in [1.82, 2.24) is 5.43 Å². The van der Waals surface area contributed by atoms with Crippen molar-refractivity contribution in [3.63, 3.8) is 0 Å². The number of rotatable bonds is 4. The van der Waals surface area contributed by atoms with Gasteiger partial charge in [-0.1, -0.05) is 30.3 Å². The van der Waals surface area contributed by atoms with E-state index in [4.69, 9.17) is 10.9 Å². The number of hydrazine groups is 1. The number of nitrogens with one attached hydrogen (secondary N) is 1. The average Bonchev–Trinajstić information content (AvgIpc) is 2.21. The van der Waals surface area contributed by atoms with Crippen molar-refractivity contribution >= 4 is 5.78 Å². The molecule has 0 saturated carbocycles. The average molecular weight is 180 g/mol. The minimum atomic E-state index is -0.720. The fourth-order valence-electron chi connectivity index (χ4n) is 1.01. The maximum Gasteiger partial charge on any atom is 0.183 e. The number of aliphatic hydroxyl groups is 1. The highest BCUT2D eigenvalue weighted by molar-refractivity contribution is 6.00. The van der Waals surface area contributed by atoms with Crippen LogP contribution in [0.5, 0.6) is 0 Å². The first kappa shape index (κ1) is 9.85. The van der Waals surface area contributed by atoms with E-state index in [1.807, 2.05) is 6.07 Å². The molecular weight excluding hydrogens is 168 g/mol. The summed E-state index contributed by atoms with van der Waals surface area (Å²) in [6, 6.07) is 7.99. The van der Waals surface area contributed by atoms with Gasteiger partial charge in [-0.15, -0.1) is 0 Å². The Balaban J connectivity index is 2.78.